The highest BCUT2D eigenvalue weighted by atomic mass is 35.5. The number of fused-ring (bicyclic) bond motifs is 1. The molecule has 6 aliphatic rings. The van der Waals surface area contributed by atoms with Crippen LogP contribution in [0.4, 0.5) is 17.4 Å². The van der Waals surface area contributed by atoms with Gasteiger partial charge in [0.1, 0.15) is 16.6 Å². The molecule has 0 bridgehead atoms. The number of imide groups is 1. The van der Waals surface area contributed by atoms with Gasteiger partial charge in [-0.05, 0) is 122 Å². The van der Waals surface area contributed by atoms with E-state index in [9.17, 15) is 37.5 Å². The largest absolute Gasteiger partial charge is 0.479 e. The SMILES string of the molecule is O=C(O)COc1c(C(=O)O)sc(-c2cccc(NC3CC4(CC4)N(S(=O)(=O)Cc4ccc5oc(N6CCC(c7ccc8c9c(cccc79)C(=O)N8C7CCC(=O)NC7=O)CC6)nc5c4)C4(CC4)C3)c2)c1Cl. The molecule has 4 aliphatic heterocycles. The number of aromatic carboxylic acids is 1. The fraction of sp³-hybridized carbons (Fsp3) is 0.373. The molecule has 12 rings (SSSR count). The normalized spacial score (nSPS) is 21.6. The number of carbonyl (C=O) groups is 5. The molecule has 1 unspecified atom stereocenters. The molecule has 4 N–H and O–H groups in total. The summed E-state index contributed by atoms with van der Waals surface area (Å²) in [7, 11) is -3.76. The summed E-state index contributed by atoms with van der Waals surface area (Å²) in [6, 6.07) is 22.3. The maximum Gasteiger partial charge on any atom is 0.349 e. The minimum atomic E-state index is -3.76. The molecule has 0 radical (unpaired) electrons. The second-order valence-electron chi connectivity index (χ2n) is 19.8. The van der Waals surface area contributed by atoms with Gasteiger partial charge in [0.2, 0.25) is 21.8 Å². The van der Waals surface area contributed by atoms with Gasteiger partial charge in [-0.15, -0.1) is 11.3 Å². The molecule has 71 heavy (non-hydrogen) atoms. The van der Waals surface area contributed by atoms with E-state index in [-0.39, 0.29) is 58.0 Å². The van der Waals surface area contributed by atoms with Gasteiger partial charge in [-0.2, -0.15) is 9.29 Å². The number of thiophene rings is 1. The first-order chi connectivity index (χ1) is 34.1. The van der Waals surface area contributed by atoms with Gasteiger partial charge in [0.05, 0.1) is 16.3 Å². The molecule has 1 atom stereocenters. The minimum absolute atomic E-state index is 0.0221. The van der Waals surface area contributed by atoms with Crippen molar-refractivity contribution in [3.05, 3.63) is 99.4 Å². The zero-order chi connectivity index (χ0) is 49.1. The lowest BCUT2D eigenvalue weighted by Gasteiger charge is -2.46. The van der Waals surface area contributed by atoms with Crippen molar-refractivity contribution in [3.8, 4) is 16.2 Å². The summed E-state index contributed by atoms with van der Waals surface area (Å²) in [5.41, 5.74) is 4.60. The molecule has 3 saturated heterocycles. The number of piperidine rings is 3. The predicted octanol–water partition coefficient (Wildman–Crippen LogP) is 8.15. The number of ether oxygens (including phenoxy) is 1. The van der Waals surface area contributed by atoms with Crippen LogP contribution in [0.1, 0.15) is 101 Å². The molecule has 4 aromatic carbocycles. The van der Waals surface area contributed by atoms with Crippen LogP contribution >= 0.6 is 22.9 Å². The van der Waals surface area contributed by atoms with Crippen LogP contribution < -0.4 is 25.2 Å². The van der Waals surface area contributed by atoms with Crippen LogP contribution in [-0.2, 0) is 30.2 Å². The molecule has 6 aromatic rings. The average Bonchev–Trinajstić information content (AvgIpc) is 4.15. The number of carboxylic acid groups (broad SMARTS) is 2. The molecule has 366 valence electrons. The lowest BCUT2D eigenvalue weighted by molar-refractivity contribution is -0.139. The van der Waals surface area contributed by atoms with E-state index < -0.39 is 51.6 Å². The predicted molar refractivity (Wildman–Crippen MR) is 265 cm³/mol. The van der Waals surface area contributed by atoms with Gasteiger partial charge in [0.25, 0.3) is 11.9 Å². The quantitative estimate of drug-likeness (QED) is 0.0801. The van der Waals surface area contributed by atoms with Gasteiger partial charge >= 0.3 is 11.9 Å². The van der Waals surface area contributed by atoms with E-state index in [0.29, 0.717) is 70.3 Å². The number of halogens is 1. The third-order valence-corrected chi connectivity index (χ3v) is 18.9. The number of aliphatic carboxylic acids is 1. The van der Waals surface area contributed by atoms with Crippen molar-refractivity contribution in [1.29, 1.82) is 0 Å². The van der Waals surface area contributed by atoms with Crippen LogP contribution in [0.5, 0.6) is 5.75 Å². The number of nitrogens with zero attached hydrogens (tertiary/aromatic N) is 4. The van der Waals surface area contributed by atoms with Crippen molar-refractivity contribution in [3.63, 3.8) is 0 Å². The maximum absolute atomic E-state index is 14.6. The topological polar surface area (TPSA) is 229 Å². The van der Waals surface area contributed by atoms with Gasteiger partial charge in [-0.1, -0.05) is 48.0 Å². The smallest absolute Gasteiger partial charge is 0.349 e. The van der Waals surface area contributed by atoms with E-state index in [1.165, 1.54) is 0 Å². The Kier molecular flexibility index (Phi) is 10.8. The number of amides is 3. The van der Waals surface area contributed by atoms with E-state index in [2.05, 4.69) is 21.6 Å². The Labute approximate surface area is 415 Å². The summed E-state index contributed by atoms with van der Waals surface area (Å²) in [6.45, 7) is 0.608. The monoisotopic (exact) mass is 1020 g/mol. The molecule has 3 amide bonds. The highest BCUT2D eigenvalue weighted by molar-refractivity contribution is 7.88. The second-order valence-corrected chi connectivity index (χ2v) is 23.0. The number of aromatic nitrogens is 1. The van der Waals surface area contributed by atoms with Crippen molar-refractivity contribution < 1.29 is 51.8 Å². The Hall–Kier alpha value is -6.54. The fourth-order valence-corrected chi connectivity index (χ4v) is 15.7. The van der Waals surface area contributed by atoms with Crippen molar-refractivity contribution >= 4 is 102 Å². The molecule has 20 heteroatoms. The third kappa shape index (κ3) is 7.88. The van der Waals surface area contributed by atoms with Crippen LogP contribution in [-0.4, -0.2) is 100 Å². The van der Waals surface area contributed by atoms with Crippen LogP contribution in [0.3, 0.4) is 0 Å². The first-order valence-electron chi connectivity index (χ1n) is 23.8. The van der Waals surface area contributed by atoms with E-state index >= 15 is 0 Å². The van der Waals surface area contributed by atoms with Crippen molar-refractivity contribution in [2.45, 2.75) is 99.0 Å². The molecule has 2 saturated carbocycles. The first-order valence-corrected chi connectivity index (χ1v) is 26.6. The summed E-state index contributed by atoms with van der Waals surface area (Å²) in [4.78, 5) is 70.4. The van der Waals surface area contributed by atoms with E-state index in [4.69, 9.17) is 30.8 Å². The maximum atomic E-state index is 14.6. The van der Waals surface area contributed by atoms with Crippen molar-refractivity contribution in [2.24, 2.45) is 0 Å². The Morgan fingerprint density at radius 2 is 1.69 bits per heavy atom. The number of carboxylic acids is 2. The number of carbonyl (C=O) groups excluding carboxylic acids is 3. The number of oxazole rings is 1. The molecular formula is C51H47ClN6O11S2. The summed E-state index contributed by atoms with van der Waals surface area (Å²) in [5.74, 6) is -3.70. The Morgan fingerprint density at radius 1 is 0.944 bits per heavy atom. The van der Waals surface area contributed by atoms with E-state index in [1.807, 2.05) is 52.8 Å². The average molecular weight is 1020 g/mol. The second kappa shape index (κ2) is 16.8. The number of anilines is 3. The summed E-state index contributed by atoms with van der Waals surface area (Å²) in [6.07, 6.45) is 6.39. The van der Waals surface area contributed by atoms with Gasteiger partial charge in [0, 0.05) is 53.3 Å². The highest BCUT2D eigenvalue weighted by Gasteiger charge is 2.68. The minimum Gasteiger partial charge on any atom is -0.479 e. The summed E-state index contributed by atoms with van der Waals surface area (Å²) >= 11 is 7.50. The summed E-state index contributed by atoms with van der Waals surface area (Å²) < 4.78 is 42.6. The van der Waals surface area contributed by atoms with Gasteiger partial charge in [-0.25, -0.2) is 18.0 Å². The number of hydrogen-bond acceptors (Lipinski definition) is 13. The Bertz CT molecular complexity index is 3370. The van der Waals surface area contributed by atoms with E-state index in [0.717, 1.165) is 71.9 Å². The van der Waals surface area contributed by atoms with Gasteiger partial charge < -0.3 is 29.6 Å². The number of sulfonamides is 1. The standard InChI is InChI=1S/C51H47ClN6O11S2/c52-42-43(68-25-40(60)61)45(48(64)65)70-44(42)29-3-1-4-30(22-29)53-31-23-50(15-16-50)58(51(24-31)17-18-51)71(66,67)26-27-7-11-38-35(21-27)54-49(69-38)56-19-13-28(14-20-56)32-8-9-36-41-33(32)5-2-6-34(41)47(63)57(36)37-10-12-39(59)55-46(37)62/h1-9,11,21-22,28,31,37,53H,10,12-20,23-26H2,(H,60,61)(H,64,65)(H,55,59,62). The molecular weight excluding hydrogens is 972 g/mol. The molecule has 17 nitrogen and oxygen atoms in total. The van der Waals surface area contributed by atoms with Crippen molar-refractivity contribution in [2.75, 3.05) is 34.8 Å². The third-order valence-electron chi connectivity index (χ3n) is 15.2. The number of nitrogens with one attached hydrogen (secondary N) is 2. The van der Waals surface area contributed by atoms with Crippen molar-refractivity contribution in [1.82, 2.24) is 14.6 Å². The number of rotatable bonds is 13. The number of benzene rings is 4. The Balaban J connectivity index is 0.714. The zero-order valence-electron chi connectivity index (χ0n) is 38.1. The number of hydrogen-bond donors (Lipinski definition) is 4. The first kappa shape index (κ1) is 45.6. The van der Waals surface area contributed by atoms with Gasteiger partial charge in [-0.3, -0.25) is 24.6 Å². The van der Waals surface area contributed by atoms with Crippen LogP contribution in [0, 0.1) is 0 Å². The fourth-order valence-electron chi connectivity index (χ4n) is 11.9. The van der Waals surface area contributed by atoms with Gasteiger partial charge in [0.15, 0.2) is 22.8 Å². The molecule has 2 aromatic heterocycles. The van der Waals surface area contributed by atoms with Crippen LogP contribution in [0.15, 0.2) is 77.2 Å². The van der Waals surface area contributed by atoms with Crippen LogP contribution in [0.25, 0.3) is 32.3 Å². The molecule has 2 aliphatic carbocycles. The Morgan fingerprint density at radius 3 is 2.39 bits per heavy atom. The lowest BCUT2D eigenvalue weighted by Crippen LogP contribution is -2.58. The molecule has 5 fully saturated rings. The zero-order valence-corrected chi connectivity index (χ0v) is 40.5. The highest BCUT2D eigenvalue weighted by Crippen LogP contribution is 2.63. The van der Waals surface area contributed by atoms with E-state index in [1.54, 1.807) is 23.1 Å². The van der Waals surface area contributed by atoms with Crippen LogP contribution in [0.2, 0.25) is 5.02 Å². The molecule has 6 heterocycles. The summed E-state index contributed by atoms with van der Waals surface area (Å²) in [5, 5.41) is 26.8. The lowest BCUT2D eigenvalue weighted by atomic mass is 9.85. The molecule has 2 spiro atoms.